The van der Waals surface area contributed by atoms with Crippen LogP contribution in [0, 0.1) is 0 Å². The summed E-state index contributed by atoms with van der Waals surface area (Å²) < 4.78 is 18.8. The summed E-state index contributed by atoms with van der Waals surface area (Å²) in [4.78, 5) is 2.36. The van der Waals surface area contributed by atoms with E-state index in [0.29, 0.717) is 0 Å². The predicted octanol–water partition coefficient (Wildman–Crippen LogP) is 0.998. The first-order valence-electron chi connectivity index (χ1n) is 7.34. The molecule has 3 aliphatic heterocycles. The second-order valence-corrected chi connectivity index (χ2v) is 17.3. The van der Waals surface area contributed by atoms with Crippen molar-refractivity contribution < 1.29 is 13.3 Å². The Balaban J connectivity index is 1.95. The fourth-order valence-electron chi connectivity index (χ4n) is 2.96. The highest BCUT2D eigenvalue weighted by molar-refractivity contribution is 7.39. The fraction of sp³-hybridized carbons (Fsp3) is 0.571. The van der Waals surface area contributed by atoms with Gasteiger partial charge in [0.1, 0.15) is 0 Å². The quantitative estimate of drug-likeness (QED) is 0.763. The number of hydrogen-bond acceptors (Lipinski definition) is 4. The molecule has 4 nitrogen and oxygen atoms in total. The van der Waals surface area contributed by atoms with E-state index in [-0.39, 0.29) is 0 Å². The van der Waals surface area contributed by atoms with Crippen LogP contribution < -0.4 is 5.19 Å². The van der Waals surface area contributed by atoms with Gasteiger partial charge in [0.05, 0.1) is 19.8 Å². The summed E-state index contributed by atoms with van der Waals surface area (Å²) >= 11 is 0. The first-order valence-corrected chi connectivity index (χ1v) is 13.1. The summed E-state index contributed by atoms with van der Waals surface area (Å²) in [5.41, 5.74) is 0. The number of rotatable bonds is 2. The summed E-state index contributed by atoms with van der Waals surface area (Å²) in [6, 6.07) is 10.7. The van der Waals surface area contributed by atoms with E-state index < -0.39 is 15.9 Å². The Hall–Kier alpha value is -0.506. The normalized spacial score (nSPS) is 31.4. The van der Waals surface area contributed by atoms with Gasteiger partial charge >= 0.3 is 8.32 Å². The molecular weight excluding hydrogens is 286 g/mol. The van der Waals surface area contributed by atoms with Crippen molar-refractivity contribution in [3.8, 4) is 0 Å². The van der Waals surface area contributed by atoms with Gasteiger partial charge in [0.25, 0.3) is 0 Å². The molecule has 3 heterocycles. The highest BCUT2D eigenvalue weighted by Crippen LogP contribution is 2.26. The molecule has 6 heteroatoms. The summed E-state index contributed by atoms with van der Waals surface area (Å²) in [5, 5.41) is 1.37. The summed E-state index contributed by atoms with van der Waals surface area (Å²) in [5.74, 6) is 0. The molecule has 3 fully saturated rings. The second kappa shape index (κ2) is 5.71. The van der Waals surface area contributed by atoms with Crippen LogP contribution in [-0.4, -0.2) is 60.3 Å². The SMILES string of the molecule is C[Si](C)(c1ccccc1)[Si]12OCCN(CCO1)CCO2. The molecule has 0 amide bonds. The third-order valence-corrected chi connectivity index (χ3v) is 16.2. The third-order valence-electron chi connectivity index (χ3n) is 4.36. The molecule has 0 N–H and O–H groups in total. The number of fused-ring (bicyclic) bond motifs is 6. The average Bonchev–Trinajstić information content (AvgIpc) is 2.37. The maximum Gasteiger partial charge on any atom is 0.475 e. The zero-order valence-electron chi connectivity index (χ0n) is 12.3. The van der Waals surface area contributed by atoms with E-state index in [1.54, 1.807) is 0 Å². The van der Waals surface area contributed by atoms with Crippen LogP contribution in [0.4, 0.5) is 0 Å². The zero-order chi connectivity index (χ0) is 14.1. The minimum absolute atomic E-state index is 0.732. The standard InChI is InChI=1S/C14H23NO3Si2/c1-19(2,14-6-4-3-5-7-14)20-16-11-8-15(9-12-17-20)10-13-18-20/h3-7H,8-13H2,1-2H3. The van der Waals surface area contributed by atoms with Gasteiger partial charge in [-0.15, -0.1) is 0 Å². The molecule has 110 valence electrons. The lowest BCUT2D eigenvalue weighted by Gasteiger charge is -2.45. The Morgan fingerprint density at radius 1 is 0.900 bits per heavy atom. The van der Waals surface area contributed by atoms with Crippen LogP contribution in [0.2, 0.25) is 13.1 Å². The van der Waals surface area contributed by atoms with Crippen molar-refractivity contribution in [1.82, 2.24) is 4.90 Å². The Morgan fingerprint density at radius 2 is 1.40 bits per heavy atom. The monoisotopic (exact) mass is 309 g/mol. The van der Waals surface area contributed by atoms with E-state index in [2.05, 4.69) is 48.3 Å². The maximum absolute atomic E-state index is 6.28. The molecule has 3 aliphatic rings. The van der Waals surface area contributed by atoms with Crippen molar-refractivity contribution in [3.63, 3.8) is 0 Å². The lowest BCUT2D eigenvalue weighted by Crippen LogP contribution is -2.73. The predicted molar refractivity (Wildman–Crippen MR) is 83.6 cm³/mol. The maximum atomic E-state index is 6.28. The van der Waals surface area contributed by atoms with E-state index >= 15 is 0 Å². The summed E-state index contributed by atoms with van der Waals surface area (Å²) in [6.45, 7) is 9.85. The smallest absolute Gasteiger partial charge is 0.375 e. The molecule has 0 unspecified atom stereocenters. The van der Waals surface area contributed by atoms with E-state index in [0.717, 1.165) is 39.5 Å². The van der Waals surface area contributed by atoms with Crippen molar-refractivity contribution in [3.05, 3.63) is 30.3 Å². The molecule has 1 aromatic rings. The van der Waals surface area contributed by atoms with Crippen LogP contribution in [-0.2, 0) is 13.3 Å². The van der Waals surface area contributed by atoms with Gasteiger partial charge in [0.2, 0.25) is 0 Å². The number of nitrogens with zero attached hydrogens (tertiary/aromatic N) is 1. The average molecular weight is 310 g/mol. The van der Waals surface area contributed by atoms with E-state index in [1.165, 1.54) is 5.19 Å². The highest BCUT2D eigenvalue weighted by atomic mass is 29.3. The molecule has 0 saturated carbocycles. The molecular formula is C14H23NO3Si2. The molecule has 2 bridgehead atoms. The van der Waals surface area contributed by atoms with Gasteiger partial charge < -0.3 is 13.3 Å². The molecule has 4 rings (SSSR count). The molecule has 20 heavy (non-hydrogen) atoms. The van der Waals surface area contributed by atoms with Crippen LogP contribution in [0.1, 0.15) is 0 Å². The van der Waals surface area contributed by atoms with Crippen LogP contribution in [0.25, 0.3) is 0 Å². The molecule has 1 aromatic carbocycles. The van der Waals surface area contributed by atoms with Crippen LogP contribution in [0.15, 0.2) is 30.3 Å². The molecule has 0 spiro atoms. The van der Waals surface area contributed by atoms with Crippen molar-refractivity contribution in [1.29, 1.82) is 0 Å². The van der Waals surface area contributed by atoms with E-state index in [1.807, 2.05) is 0 Å². The summed E-state index contributed by atoms with van der Waals surface area (Å²) in [6.07, 6.45) is 0. The van der Waals surface area contributed by atoms with Crippen LogP contribution >= 0.6 is 0 Å². The Bertz CT molecular complexity index is 428. The Labute approximate surface area is 122 Å². The van der Waals surface area contributed by atoms with Crippen molar-refractivity contribution in [2.75, 3.05) is 39.5 Å². The van der Waals surface area contributed by atoms with Gasteiger partial charge in [-0.2, -0.15) is 0 Å². The Kier molecular flexibility index (Phi) is 4.12. The lowest BCUT2D eigenvalue weighted by molar-refractivity contribution is 0.00489. The van der Waals surface area contributed by atoms with Crippen molar-refractivity contribution in [2.45, 2.75) is 13.1 Å². The first-order chi connectivity index (χ1) is 9.64. The van der Waals surface area contributed by atoms with Gasteiger partial charge in [0, 0.05) is 19.6 Å². The van der Waals surface area contributed by atoms with Gasteiger partial charge in [-0.1, -0.05) is 48.6 Å². The molecule has 0 radical (unpaired) electrons. The summed E-state index contributed by atoms with van der Waals surface area (Å²) in [7, 11) is -4.51. The molecule has 0 atom stereocenters. The zero-order valence-corrected chi connectivity index (χ0v) is 14.3. The molecule has 0 aliphatic carbocycles. The third kappa shape index (κ3) is 2.52. The molecule has 0 aromatic heterocycles. The van der Waals surface area contributed by atoms with Gasteiger partial charge in [-0.25, -0.2) is 0 Å². The Morgan fingerprint density at radius 3 is 1.90 bits per heavy atom. The number of hydrogen-bond donors (Lipinski definition) is 0. The first kappa shape index (κ1) is 14.4. The van der Waals surface area contributed by atoms with Crippen molar-refractivity contribution >= 4 is 21.1 Å². The van der Waals surface area contributed by atoms with Crippen LogP contribution in [0.3, 0.4) is 0 Å². The van der Waals surface area contributed by atoms with E-state index in [4.69, 9.17) is 13.3 Å². The highest BCUT2D eigenvalue weighted by Gasteiger charge is 2.59. The van der Waals surface area contributed by atoms with Gasteiger partial charge in [-0.3, -0.25) is 4.90 Å². The van der Waals surface area contributed by atoms with Gasteiger partial charge in [0.15, 0.2) is 7.59 Å². The van der Waals surface area contributed by atoms with Crippen LogP contribution in [0.5, 0.6) is 0 Å². The minimum Gasteiger partial charge on any atom is -0.375 e. The largest absolute Gasteiger partial charge is 0.475 e. The lowest BCUT2D eigenvalue weighted by atomic mass is 10.4. The van der Waals surface area contributed by atoms with Crippen molar-refractivity contribution in [2.24, 2.45) is 0 Å². The topological polar surface area (TPSA) is 30.9 Å². The second-order valence-electron chi connectivity index (χ2n) is 5.93. The fourth-order valence-corrected chi connectivity index (χ4v) is 12.5. The van der Waals surface area contributed by atoms with Gasteiger partial charge in [-0.05, 0) is 0 Å². The molecule has 3 saturated heterocycles. The minimum atomic E-state index is -2.58. The van der Waals surface area contributed by atoms with E-state index in [9.17, 15) is 0 Å². The number of benzene rings is 1.